The van der Waals surface area contributed by atoms with Gasteiger partial charge in [0.15, 0.2) is 34.9 Å². The van der Waals surface area contributed by atoms with E-state index < -0.39 is 5.41 Å². The Morgan fingerprint density at radius 2 is 0.750 bits per heavy atom. The molecule has 14 rings (SSSR count). The van der Waals surface area contributed by atoms with E-state index >= 15 is 0 Å². The molecule has 364 valence electrons. The fourth-order valence-electron chi connectivity index (χ4n) is 12.5. The summed E-state index contributed by atoms with van der Waals surface area (Å²) in [7, 11) is 0. The number of nitrogens with zero attached hydrogens (tertiary/aromatic N) is 6. The van der Waals surface area contributed by atoms with Gasteiger partial charge in [0, 0.05) is 38.8 Å². The summed E-state index contributed by atoms with van der Waals surface area (Å²) in [5.41, 5.74) is 19.2. The van der Waals surface area contributed by atoms with Crippen LogP contribution < -0.4 is 0 Å². The van der Waals surface area contributed by atoms with Crippen molar-refractivity contribution < 1.29 is 0 Å². The number of allylic oxidation sites excluding steroid dienone is 12. The number of hydrogen-bond donors (Lipinski definition) is 0. The molecule has 0 saturated carbocycles. The summed E-state index contributed by atoms with van der Waals surface area (Å²) in [6.45, 7) is 4.73. The highest BCUT2D eigenvalue weighted by Gasteiger charge is 2.54. The normalized spacial score (nSPS) is 16.3. The maximum Gasteiger partial charge on any atom is 0.164 e. The van der Waals surface area contributed by atoms with Gasteiger partial charge in [0.2, 0.25) is 0 Å². The fraction of sp³-hybridized carbons (Fsp3) is 0.143. The Morgan fingerprint density at radius 3 is 1.37 bits per heavy atom. The molecule has 6 nitrogen and oxygen atoms in total. The lowest BCUT2D eigenvalue weighted by Crippen LogP contribution is -2.40. The van der Waals surface area contributed by atoms with E-state index in [1.807, 2.05) is 18.2 Å². The highest BCUT2D eigenvalue weighted by Crippen LogP contribution is 2.63. The Bertz CT molecular complexity index is 3970. The van der Waals surface area contributed by atoms with Crippen molar-refractivity contribution in [3.05, 3.63) is 269 Å². The first kappa shape index (κ1) is 45.6. The molecule has 2 heterocycles. The molecule has 0 atom stereocenters. The van der Waals surface area contributed by atoms with E-state index in [1.165, 1.54) is 50.1 Å². The van der Waals surface area contributed by atoms with Gasteiger partial charge in [-0.15, -0.1) is 0 Å². The zero-order valence-electron chi connectivity index (χ0n) is 42.7. The molecule has 9 aromatic rings. The summed E-state index contributed by atoms with van der Waals surface area (Å²) in [6, 6.07) is 59.4. The third kappa shape index (κ3) is 7.53. The van der Waals surface area contributed by atoms with Gasteiger partial charge in [-0.2, -0.15) is 0 Å². The molecule has 5 aliphatic rings. The van der Waals surface area contributed by atoms with Crippen molar-refractivity contribution in [2.24, 2.45) is 0 Å². The van der Waals surface area contributed by atoms with Gasteiger partial charge >= 0.3 is 0 Å². The molecule has 7 aromatic carbocycles. The Kier molecular flexibility index (Phi) is 11.1. The van der Waals surface area contributed by atoms with Crippen molar-refractivity contribution in [1.29, 1.82) is 0 Å². The highest BCUT2D eigenvalue weighted by molar-refractivity contribution is 5.97. The molecule has 0 aliphatic heterocycles. The topological polar surface area (TPSA) is 77.3 Å². The molecule has 0 bridgehead atoms. The zero-order valence-corrected chi connectivity index (χ0v) is 42.7. The molecule has 76 heavy (non-hydrogen) atoms. The second-order valence-corrected chi connectivity index (χ2v) is 21.0. The van der Waals surface area contributed by atoms with Crippen molar-refractivity contribution >= 4 is 16.7 Å². The fourth-order valence-corrected chi connectivity index (χ4v) is 12.5. The van der Waals surface area contributed by atoms with Crippen LogP contribution in [0, 0.1) is 0 Å². The third-order valence-electron chi connectivity index (χ3n) is 16.1. The van der Waals surface area contributed by atoms with Gasteiger partial charge in [-0.1, -0.05) is 220 Å². The molecule has 0 amide bonds. The molecular formula is C70H54N6. The van der Waals surface area contributed by atoms with Crippen LogP contribution in [-0.4, -0.2) is 29.9 Å². The Labute approximate surface area is 444 Å². The molecular weight excluding hydrogens is 925 g/mol. The third-order valence-corrected chi connectivity index (χ3v) is 16.1. The maximum atomic E-state index is 5.46. The lowest BCUT2D eigenvalue weighted by molar-refractivity contribution is 0.563. The first-order valence-corrected chi connectivity index (χ1v) is 26.8. The maximum absolute atomic E-state index is 5.46. The van der Waals surface area contributed by atoms with Gasteiger partial charge in [-0.05, 0) is 117 Å². The second-order valence-electron chi connectivity index (χ2n) is 21.0. The van der Waals surface area contributed by atoms with E-state index in [2.05, 4.69) is 214 Å². The summed E-state index contributed by atoms with van der Waals surface area (Å²) in [4.78, 5) is 32.1. The van der Waals surface area contributed by atoms with Gasteiger partial charge in [0.05, 0.1) is 5.41 Å². The molecule has 0 radical (unpaired) electrons. The van der Waals surface area contributed by atoms with Gasteiger partial charge in [0.25, 0.3) is 0 Å². The SMILES string of the molecule is CC1(C)c2ccccc2C2(c3ccc(-c4nc(C5=CCCC=C5)nc(-c5cccc(C6=CCCC=C6)c5)n4)cc3-c3c(-c4nc(-c5ccccc5)nc(-c5ccc(C6=CCCC=C6)cc5)n4)cccc32)c2ccccc21. The monoisotopic (exact) mass is 978 g/mol. The number of aromatic nitrogens is 6. The molecule has 0 fully saturated rings. The molecule has 2 aromatic heterocycles. The average Bonchev–Trinajstić information content (AvgIpc) is 3.99. The van der Waals surface area contributed by atoms with E-state index in [0.29, 0.717) is 34.9 Å². The molecule has 1 spiro atoms. The van der Waals surface area contributed by atoms with Crippen LogP contribution in [-0.2, 0) is 10.8 Å². The predicted molar refractivity (Wildman–Crippen MR) is 309 cm³/mol. The number of hydrogen-bond acceptors (Lipinski definition) is 6. The van der Waals surface area contributed by atoms with Crippen LogP contribution in [0.3, 0.4) is 0 Å². The van der Waals surface area contributed by atoms with Crippen molar-refractivity contribution in [2.75, 3.05) is 0 Å². The van der Waals surface area contributed by atoms with Crippen LogP contribution >= 0.6 is 0 Å². The van der Waals surface area contributed by atoms with E-state index in [0.717, 1.165) is 88.6 Å². The lowest BCUT2D eigenvalue weighted by atomic mass is 9.55. The van der Waals surface area contributed by atoms with Crippen molar-refractivity contribution in [3.63, 3.8) is 0 Å². The summed E-state index contributed by atoms with van der Waals surface area (Å²) in [6.07, 6.45) is 26.4. The van der Waals surface area contributed by atoms with Gasteiger partial charge in [0.1, 0.15) is 0 Å². The Hall–Kier alpha value is -9.00. The minimum atomic E-state index is -0.673. The smallest absolute Gasteiger partial charge is 0.164 e. The van der Waals surface area contributed by atoms with Crippen LogP contribution in [0.5, 0.6) is 0 Å². The molecule has 5 aliphatic carbocycles. The Balaban J connectivity index is 1.01. The van der Waals surface area contributed by atoms with Gasteiger partial charge in [-0.3, -0.25) is 0 Å². The average molecular weight is 979 g/mol. The summed E-state index contributed by atoms with van der Waals surface area (Å²) in [5.74, 6) is 3.77. The number of fused-ring (bicyclic) bond motifs is 9. The second kappa shape index (κ2) is 18.4. The quantitative estimate of drug-likeness (QED) is 0.151. The van der Waals surface area contributed by atoms with Crippen LogP contribution in [0.25, 0.3) is 84.8 Å². The van der Waals surface area contributed by atoms with Crippen molar-refractivity contribution in [1.82, 2.24) is 29.9 Å². The first-order chi connectivity index (χ1) is 37.4. The van der Waals surface area contributed by atoms with Gasteiger partial charge in [-0.25, -0.2) is 29.9 Å². The highest BCUT2D eigenvalue weighted by atomic mass is 15.0. The standard InChI is InChI=1S/C70H54N6/c1-69(2)57-32-15-17-34-59(57)70(60-35-18-16-33-58(60)69)56-42-41-53(67-73-63(48-25-11-5-12-26-48)72-66(74-67)52-30-19-29-51(43-52)46-23-9-4-10-24-46)44-55(56)62-54(31-20-36-61(62)70)68-75-64(49-27-13-6-14-28-49)71-65(76-68)50-39-37-47(38-40-50)45-21-7-3-8-22-45/h6-7,9,11,13-44H,3-5,8,10,12H2,1-2H3. The predicted octanol–water partition coefficient (Wildman–Crippen LogP) is 16.6. The zero-order chi connectivity index (χ0) is 50.8. The number of rotatable bonds is 8. The number of benzene rings is 7. The Morgan fingerprint density at radius 1 is 0.303 bits per heavy atom. The van der Waals surface area contributed by atoms with E-state index in [1.54, 1.807) is 0 Å². The summed E-state index contributed by atoms with van der Waals surface area (Å²) >= 11 is 0. The van der Waals surface area contributed by atoms with Crippen molar-refractivity contribution in [2.45, 2.75) is 63.2 Å². The van der Waals surface area contributed by atoms with Crippen LogP contribution in [0.15, 0.2) is 218 Å². The molecule has 6 heteroatoms. The van der Waals surface area contributed by atoms with E-state index in [4.69, 9.17) is 29.9 Å². The van der Waals surface area contributed by atoms with Crippen LogP contribution in [0.4, 0.5) is 0 Å². The lowest BCUT2D eigenvalue weighted by Gasteiger charge is -2.46. The van der Waals surface area contributed by atoms with Crippen LogP contribution in [0.1, 0.15) is 103 Å². The van der Waals surface area contributed by atoms with Gasteiger partial charge < -0.3 is 0 Å². The molecule has 0 N–H and O–H groups in total. The largest absolute Gasteiger partial charge is 0.208 e. The first-order valence-electron chi connectivity index (χ1n) is 26.8. The van der Waals surface area contributed by atoms with Crippen LogP contribution in [0.2, 0.25) is 0 Å². The minimum Gasteiger partial charge on any atom is -0.208 e. The summed E-state index contributed by atoms with van der Waals surface area (Å²) < 4.78 is 0. The molecule has 0 unspecified atom stereocenters. The van der Waals surface area contributed by atoms with E-state index in [-0.39, 0.29) is 5.41 Å². The van der Waals surface area contributed by atoms with E-state index in [9.17, 15) is 0 Å². The minimum absolute atomic E-state index is 0.257. The summed E-state index contributed by atoms with van der Waals surface area (Å²) in [5, 5.41) is 0. The molecule has 0 saturated heterocycles. The van der Waals surface area contributed by atoms with Crippen molar-refractivity contribution in [3.8, 4) is 68.1 Å².